The predicted molar refractivity (Wildman–Crippen MR) is 295 cm³/mol. The van der Waals surface area contributed by atoms with Crippen molar-refractivity contribution in [2.75, 3.05) is 0 Å². The fourth-order valence-corrected chi connectivity index (χ4v) is 14.0. The van der Waals surface area contributed by atoms with E-state index < -0.39 is 0 Å². The number of aryl methyl sites for hydroxylation is 2. The molecule has 0 bridgehead atoms. The Morgan fingerprint density at radius 2 is 1.18 bits per heavy atom. The summed E-state index contributed by atoms with van der Waals surface area (Å²) in [5.74, 6) is 1.96. The summed E-state index contributed by atoms with van der Waals surface area (Å²) < 4.78 is 10.7. The zero-order valence-corrected chi connectivity index (χ0v) is 44.7. The van der Waals surface area contributed by atoms with Crippen LogP contribution in [0.2, 0.25) is 0 Å². The van der Waals surface area contributed by atoms with Crippen LogP contribution in [0.1, 0.15) is 135 Å². The van der Waals surface area contributed by atoms with E-state index in [-0.39, 0.29) is 37.9 Å². The van der Waals surface area contributed by atoms with Gasteiger partial charge < -0.3 is 0 Å². The summed E-state index contributed by atoms with van der Waals surface area (Å²) in [5, 5.41) is 2.73. The molecule has 0 saturated heterocycles. The van der Waals surface area contributed by atoms with Crippen LogP contribution in [-0.4, -0.2) is 30.8 Å². The Bertz CT molecular complexity index is 3550. The first-order valence-corrected chi connectivity index (χ1v) is 26.7. The fourth-order valence-electron chi connectivity index (χ4n) is 11.5. The summed E-state index contributed by atoms with van der Waals surface area (Å²) in [6.45, 7) is 33.1. The normalized spacial score (nSPS) is 13.7. The van der Waals surface area contributed by atoms with Gasteiger partial charge in [0.2, 0.25) is 0 Å². The van der Waals surface area contributed by atoms with Crippen molar-refractivity contribution in [3.63, 3.8) is 0 Å². The van der Waals surface area contributed by atoms with E-state index in [1.54, 1.807) is 0 Å². The van der Waals surface area contributed by atoms with Crippen LogP contribution in [-0.2, 0) is 23.3 Å². The van der Waals surface area contributed by atoms with Crippen molar-refractivity contribution in [3.05, 3.63) is 155 Å². The van der Waals surface area contributed by atoms with Crippen molar-refractivity contribution < 1.29 is 4.57 Å². The Morgan fingerprint density at radius 3 is 1.84 bits per heavy atom. The van der Waals surface area contributed by atoms with Crippen molar-refractivity contribution in [2.24, 2.45) is 7.05 Å². The number of hydrogen-bond donors (Lipinski definition) is 0. The SMILES string of the molecule is Cc1cc(-c2cc3c4c(c2)-n2c5ccc(C(C)(C)C)cc5c5cc(C(C)(C)C)cc(c52)B4c2cc(C(C)(C)C)ccc2[Se]3)ccc1-c1n(-c2c(C(C)C)cccc2C(C)C)c2ccccc2[n+]1C. The van der Waals surface area contributed by atoms with Gasteiger partial charge in [-0.1, -0.05) is 33.8 Å². The van der Waals surface area contributed by atoms with Crippen LogP contribution in [0.25, 0.3) is 66.7 Å². The third-order valence-electron chi connectivity index (χ3n) is 15.4. The molecule has 0 saturated carbocycles. The van der Waals surface area contributed by atoms with Crippen LogP contribution in [0.3, 0.4) is 0 Å². The van der Waals surface area contributed by atoms with Crippen molar-refractivity contribution in [1.82, 2.24) is 9.13 Å². The van der Waals surface area contributed by atoms with Crippen LogP contribution in [0, 0.1) is 6.92 Å². The first kappa shape index (κ1) is 44.9. The van der Waals surface area contributed by atoms with Gasteiger partial charge in [0.15, 0.2) is 0 Å². The van der Waals surface area contributed by atoms with Gasteiger partial charge in [-0.25, -0.2) is 0 Å². The average Bonchev–Trinajstić information content (AvgIpc) is 3.77. The number of hydrogen-bond acceptors (Lipinski definition) is 0. The molecule has 3 nitrogen and oxygen atoms in total. The molecule has 9 aromatic rings. The zero-order valence-electron chi connectivity index (χ0n) is 43.0. The van der Waals surface area contributed by atoms with Crippen LogP contribution >= 0.6 is 0 Å². The molecule has 0 fully saturated rings. The van der Waals surface area contributed by atoms with E-state index in [0.29, 0.717) is 11.8 Å². The molecule has 0 N–H and O–H groups in total. The van der Waals surface area contributed by atoms with E-state index in [1.165, 1.54) is 125 Å². The van der Waals surface area contributed by atoms with Crippen LogP contribution < -0.4 is 29.9 Å². The Hall–Kier alpha value is -5.61. The van der Waals surface area contributed by atoms with Gasteiger partial charge in [-0.3, -0.25) is 0 Å². The first-order chi connectivity index (χ1) is 32.1. The molecule has 0 amide bonds. The van der Waals surface area contributed by atoms with E-state index in [1.807, 2.05) is 0 Å². The number of fused-ring (bicyclic) bond motifs is 8. The van der Waals surface area contributed by atoms with Gasteiger partial charge in [-0.2, -0.15) is 0 Å². The number of nitrogens with zero attached hydrogens (tertiary/aromatic N) is 3. The molecular formula is C63H67BN3Se+. The Kier molecular flexibility index (Phi) is 10.2. The second kappa shape index (κ2) is 15.4. The van der Waals surface area contributed by atoms with E-state index in [9.17, 15) is 0 Å². The first-order valence-electron chi connectivity index (χ1n) is 25.0. The second-order valence-corrected chi connectivity index (χ2v) is 26.1. The van der Waals surface area contributed by atoms with Crippen LogP contribution in [0.4, 0.5) is 0 Å². The number of rotatable bonds is 5. The molecule has 68 heavy (non-hydrogen) atoms. The predicted octanol–water partition coefficient (Wildman–Crippen LogP) is 12.1. The number of para-hydroxylation sites is 3. The van der Waals surface area contributed by atoms with E-state index in [4.69, 9.17) is 0 Å². The number of benzene rings is 7. The summed E-state index contributed by atoms with van der Waals surface area (Å²) in [7, 11) is 2.25. The molecule has 342 valence electrons. The molecule has 0 atom stereocenters. The average molecular weight is 956 g/mol. The van der Waals surface area contributed by atoms with Crippen LogP contribution in [0.5, 0.6) is 0 Å². The van der Waals surface area contributed by atoms with E-state index in [2.05, 4.69) is 239 Å². The third kappa shape index (κ3) is 6.85. The standard InChI is InChI=1S/C63H67BN3Se/c1-36(2)44-19-18-20-45(37(3)4)58(44)67-53-22-17-16-21-52(53)65(15)60(67)46-26-23-39(29-38(46)5)40-30-54-57-56(31-40)68-55-28-25-42(62(9,10)11)34-49(55)64(57)50-35-43(63(12,13)14)33-48-47-32-41(61(6,7)8)24-27-51(47)66(54)59(48)50/h16-37H,1-15H3/q+1. The molecule has 0 spiro atoms. The van der Waals surface area contributed by atoms with Crippen LogP contribution in [0.15, 0.2) is 121 Å². The second-order valence-electron chi connectivity index (χ2n) is 23.8. The zero-order chi connectivity index (χ0) is 48.1. The Morgan fingerprint density at radius 1 is 0.544 bits per heavy atom. The minimum atomic E-state index is -0.00757. The minimum absolute atomic E-state index is 0.00757. The molecule has 4 heterocycles. The van der Waals surface area contributed by atoms with Crippen molar-refractivity contribution >= 4 is 79.8 Å². The van der Waals surface area contributed by atoms with Gasteiger partial charge in [0, 0.05) is 0 Å². The molecule has 11 rings (SSSR count). The summed E-state index contributed by atoms with van der Waals surface area (Å²) in [5.41, 5.74) is 24.4. The summed E-state index contributed by atoms with van der Waals surface area (Å²) >= 11 is 0.130. The van der Waals surface area contributed by atoms with Gasteiger partial charge in [-0.15, -0.1) is 0 Å². The molecular weight excluding hydrogens is 888 g/mol. The maximum atomic E-state index is 2.67. The monoisotopic (exact) mass is 956 g/mol. The molecule has 2 aromatic heterocycles. The number of aromatic nitrogens is 3. The van der Waals surface area contributed by atoms with Crippen molar-refractivity contribution in [2.45, 2.75) is 125 Å². The van der Waals surface area contributed by atoms with Gasteiger partial charge in [0.05, 0.1) is 0 Å². The third-order valence-corrected chi connectivity index (χ3v) is 17.8. The summed E-state index contributed by atoms with van der Waals surface area (Å²) in [4.78, 5) is 0. The van der Waals surface area contributed by atoms with Crippen molar-refractivity contribution in [1.29, 1.82) is 0 Å². The van der Waals surface area contributed by atoms with Crippen molar-refractivity contribution in [3.8, 4) is 33.9 Å². The van der Waals surface area contributed by atoms with Gasteiger partial charge in [0.25, 0.3) is 0 Å². The maximum absolute atomic E-state index is 2.67. The molecule has 0 unspecified atom stereocenters. The quantitative estimate of drug-likeness (QED) is 0.121. The van der Waals surface area contributed by atoms with Gasteiger partial charge >= 0.3 is 380 Å². The van der Waals surface area contributed by atoms with E-state index in [0.717, 1.165) is 0 Å². The van der Waals surface area contributed by atoms with E-state index >= 15 is 0 Å². The topological polar surface area (TPSA) is 13.7 Å². The summed E-state index contributed by atoms with van der Waals surface area (Å²) in [6, 6.07) is 48.2. The summed E-state index contributed by atoms with van der Waals surface area (Å²) in [6.07, 6.45) is 0. The molecule has 7 aromatic carbocycles. The van der Waals surface area contributed by atoms with Gasteiger partial charge in [0.1, 0.15) is 0 Å². The Balaban J connectivity index is 1.17. The molecule has 0 radical (unpaired) electrons. The Labute approximate surface area is 411 Å². The molecule has 5 heteroatoms. The molecule has 0 aliphatic carbocycles. The molecule has 2 aliphatic rings. The fraction of sp³-hybridized carbons (Fsp3) is 0.317. The number of imidazole rings is 1. The van der Waals surface area contributed by atoms with Gasteiger partial charge in [-0.05, 0) is 0 Å². The molecule has 2 aliphatic heterocycles.